The van der Waals surface area contributed by atoms with Crippen LogP contribution in [0.1, 0.15) is 43.8 Å². The molecule has 1 fully saturated rings. The first-order valence-corrected chi connectivity index (χ1v) is 11.5. The number of hydrogen-bond donors (Lipinski definition) is 1. The van der Waals surface area contributed by atoms with E-state index in [0.717, 1.165) is 48.3 Å². The van der Waals surface area contributed by atoms with Gasteiger partial charge in [0.2, 0.25) is 6.41 Å². The smallest absolute Gasteiger partial charge is 0.207 e. The maximum atomic E-state index is 11.2. The number of aromatic nitrogens is 3. The van der Waals surface area contributed by atoms with Gasteiger partial charge in [-0.2, -0.15) is 0 Å². The minimum absolute atomic E-state index is 0.0443. The van der Waals surface area contributed by atoms with Gasteiger partial charge in [0.05, 0.1) is 30.9 Å². The van der Waals surface area contributed by atoms with Crippen molar-refractivity contribution in [2.24, 2.45) is 5.92 Å². The fraction of sp³-hybridized carbons (Fsp3) is 0.632. The van der Waals surface area contributed by atoms with Crippen molar-refractivity contribution in [1.29, 1.82) is 0 Å². The quantitative estimate of drug-likeness (QED) is 0.414. The highest BCUT2D eigenvalue weighted by Crippen LogP contribution is 2.35. The molecule has 1 aliphatic rings. The van der Waals surface area contributed by atoms with Gasteiger partial charge < -0.3 is 14.6 Å². The first-order chi connectivity index (χ1) is 12.7. The molecule has 1 amide bonds. The lowest BCUT2D eigenvalue weighted by atomic mass is 9.82. The van der Waals surface area contributed by atoms with E-state index in [4.69, 9.17) is 4.74 Å². The van der Waals surface area contributed by atoms with Crippen LogP contribution in [0.25, 0.3) is 11.0 Å². The minimum atomic E-state index is -0.0443. The van der Waals surface area contributed by atoms with Gasteiger partial charge in [0, 0.05) is 11.6 Å². The standard InChI is InChI=1S/C19H28N4O2S/c1-26(2)11-10-25-14-23-9-8-16-18(20-12-21-19(16)23)17(22-13-24)15-6-4-3-5-7-15/h8-9,12-13,15,17H,3-7,10-11,14H2,1-2H3/p+1. The number of nitrogens with zero attached hydrogens (tertiary/aromatic N) is 3. The summed E-state index contributed by atoms with van der Waals surface area (Å²) in [4.78, 5) is 20.2. The second-order valence-electron chi connectivity index (χ2n) is 7.17. The molecule has 0 bridgehead atoms. The van der Waals surface area contributed by atoms with Gasteiger partial charge in [-0.25, -0.2) is 9.97 Å². The fourth-order valence-electron chi connectivity index (χ4n) is 3.74. The lowest BCUT2D eigenvalue weighted by Gasteiger charge is -2.29. The largest absolute Gasteiger partial charge is 0.356 e. The van der Waals surface area contributed by atoms with Crippen LogP contribution in [0.4, 0.5) is 0 Å². The van der Waals surface area contributed by atoms with Crippen LogP contribution in [-0.2, 0) is 27.2 Å². The lowest BCUT2D eigenvalue weighted by molar-refractivity contribution is -0.110. The van der Waals surface area contributed by atoms with Crippen LogP contribution in [0.2, 0.25) is 0 Å². The first kappa shape index (κ1) is 19.2. The van der Waals surface area contributed by atoms with Crippen LogP contribution in [0.5, 0.6) is 0 Å². The van der Waals surface area contributed by atoms with Gasteiger partial charge in [0.25, 0.3) is 0 Å². The summed E-state index contributed by atoms with van der Waals surface area (Å²) in [5.41, 5.74) is 1.80. The van der Waals surface area contributed by atoms with E-state index in [1.165, 1.54) is 19.3 Å². The predicted octanol–water partition coefficient (Wildman–Crippen LogP) is 2.65. The van der Waals surface area contributed by atoms with Crippen molar-refractivity contribution in [3.05, 3.63) is 24.3 Å². The molecule has 2 aromatic heterocycles. The van der Waals surface area contributed by atoms with Gasteiger partial charge in [-0.15, -0.1) is 0 Å². The number of rotatable bonds is 9. The number of fused-ring (bicyclic) bond motifs is 1. The molecule has 0 aromatic carbocycles. The first-order valence-electron chi connectivity index (χ1n) is 9.32. The highest BCUT2D eigenvalue weighted by atomic mass is 32.2. The molecule has 0 aliphatic heterocycles. The molecule has 1 saturated carbocycles. The van der Waals surface area contributed by atoms with Crippen LogP contribution in [-0.4, -0.2) is 45.8 Å². The summed E-state index contributed by atoms with van der Waals surface area (Å²) < 4.78 is 7.82. The summed E-state index contributed by atoms with van der Waals surface area (Å²) in [6, 6.07) is 2.00. The molecular weight excluding hydrogens is 348 g/mol. The van der Waals surface area contributed by atoms with Crippen LogP contribution < -0.4 is 5.32 Å². The number of carbonyl (C=O) groups excluding carboxylic acids is 1. The molecule has 0 radical (unpaired) electrons. The van der Waals surface area contributed by atoms with Gasteiger partial charge in [0.15, 0.2) is 0 Å². The maximum Gasteiger partial charge on any atom is 0.207 e. The SMILES string of the molecule is C[S+](C)CCOCn1ccc2c(C(NC=O)C3CCCCC3)ncnc21. The second-order valence-corrected chi connectivity index (χ2v) is 9.55. The number of nitrogens with one attached hydrogen (secondary N) is 1. The number of hydrogen-bond acceptors (Lipinski definition) is 4. The average molecular weight is 378 g/mol. The second kappa shape index (κ2) is 9.37. The van der Waals surface area contributed by atoms with E-state index in [1.807, 2.05) is 16.8 Å². The Balaban J connectivity index is 1.80. The van der Waals surface area contributed by atoms with E-state index in [9.17, 15) is 4.79 Å². The maximum absolute atomic E-state index is 11.2. The summed E-state index contributed by atoms with van der Waals surface area (Å²) in [7, 11) is 0.393. The molecule has 142 valence electrons. The Morgan fingerprint density at radius 1 is 1.35 bits per heavy atom. The Kier molecular flexibility index (Phi) is 6.91. The Morgan fingerprint density at radius 3 is 2.88 bits per heavy atom. The third-order valence-corrected chi connectivity index (χ3v) is 6.10. The molecule has 1 unspecified atom stereocenters. The van der Waals surface area contributed by atoms with E-state index in [0.29, 0.717) is 23.5 Å². The van der Waals surface area contributed by atoms with E-state index in [2.05, 4.69) is 27.8 Å². The summed E-state index contributed by atoms with van der Waals surface area (Å²) in [6.07, 6.45) is 14.9. The Labute approximate surface area is 158 Å². The average Bonchev–Trinajstić information content (AvgIpc) is 3.07. The van der Waals surface area contributed by atoms with Gasteiger partial charge in [-0.3, -0.25) is 4.79 Å². The Hall–Kier alpha value is -1.60. The monoisotopic (exact) mass is 377 g/mol. The zero-order valence-corrected chi connectivity index (χ0v) is 16.5. The molecule has 2 heterocycles. The van der Waals surface area contributed by atoms with E-state index >= 15 is 0 Å². The lowest BCUT2D eigenvalue weighted by Crippen LogP contribution is -2.29. The van der Waals surface area contributed by atoms with Gasteiger partial charge in [0.1, 0.15) is 24.5 Å². The molecule has 0 saturated heterocycles. The molecule has 0 spiro atoms. The normalized spacial score (nSPS) is 16.9. The third-order valence-electron chi connectivity index (χ3n) is 5.12. The fourth-order valence-corrected chi connectivity index (χ4v) is 4.19. The Bertz CT molecular complexity index is 713. The highest BCUT2D eigenvalue weighted by molar-refractivity contribution is 7.95. The van der Waals surface area contributed by atoms with E-state index in [-0.39, 0.29) is 6.04 Å². The van der Waals surface area contributed by atoms with Gasteiger partial charge in [-0.05, 0) is 35.7 Å². The van der Waals surface area contributed by atoms with Crippen molar-refractivity contribution in [2.75, 3.05) is 24.9 Å². The van der Waals surface area contributed by atoms with Crippen molar-refractivity contribution in [3.8, 4) is 0 Å². The van der Waals surface area contributed by atoms with Crippen molar-refractivity contribution in [1.82, 2.24) is 19.9 Å². The van der Waals surface area contributed by atoms with Gasteiger partial charge in [-0.1, -0.05) is 19.3 Å². The Morgan fingerprint density at radius 2 is 2.15 bits per heavy atom. The van der Waals surface area contributed by atoms with Crippen LogP contribution in [0, 0.1) is 5.92 Å². The molecule has 26 heavy (non-hydrogen) atoms. The van der Waals surface area contributed by atoms with Crippen molar-refractivity contribution in [3.63, 3.8) is 0 Å². The van der Waals surface area contributed by atoms with Crippen molar-refractivity contribution < 1.29 is 9.53 Å². The predicted molar refractivity (Wildman–Crippen MR) is 106 cm³/mol. The summed E-state index contributed by atoms with van der Waals surface area (Å²) >= 11 is 0. The number of carbonyl (C=O) groups is 1. The third kappa shape index (κ3) is 4.57. The van der Waals surface area contributed by atoms with Crippen molar-refractivity contribution in [2.45, 2.75) is 44.9 Å². The zero-order valence-electron chi connectivity index (χ0n) is 15.7. The van der Waals surface area contributed by atoms with Crippen LogP contribution in [0.15, 0.2) is 18.6 Å². The highest BCUT2D eigenvalue weighted by Gasteiger charge is 2.27. The van der Waals surface area contributed by atoms with Crippen LogP contribution >= 0.6 is 0 Å². The molecule has 7 heteroatoms. The summed E-state index contributed by atoms with van der Waals surface area (Å²) in [6.45, 7) is 1.25. The van der Waals surface area contributed by atoms with Crippen LogP contribution in [0.3, 0.4) is 0 Å². The summed E-state index contributed by atoms with van der Waals surface area (Å²) in [5, 5.41) is 4.03. The number of ether oxygens (including phenoxy) is 1. The molecule has 1 atom stereocenters. The minimum Gasteiger partial charge on any atom is -0.356 e. The molecular formula is C19H29N4O2S+. The molecule has 6 nitrogen and oxygen atoms in total. The summed E-state index contributed by atoms with van der Waals surface area (Å²) in [5.74, 6) is 1.52. The molecule has 1 N–H and O–H groups in total. The van der Waals surface area contributed by atoms with E-state index in [1.54, 1.807) is 6.33 Å². The van der Waals surface area contributed by atoms with Crippen molar-refractivity contribution >= 4 is 28.3 Å². The zero-order chi connectivity index (χ0) is 18.4. The van der Waals surface area contributed by atoms with Gasteiger partial charge >= 0.3 is 0 Å². The molecule has 2 aromatic rings. The van der Waals surface area contributed by atoms with E-state index < -0.39 is 0 Å². The molecule has 3 rings (SSSR count). The molecule has 1 aliphatic carbocycles. The topological polar surface area (TPSA) is 69.0 Å². The number of amides is 1.